The number of hydrogen-bond donors (Lipinski definition) is 2. The molecule has 0 saturated carbocycles. The summed E-state index contributed by atoms with van der Waals surface area (Å²) in [6, 6.07) is 10.2. The van der Waals surface area contributed by atoms with E-state index in [-0.39, 0.29) is 6.04 Å². The molecule has 0 aliphatic rings. The lowest BCUT2D eigenvalue weighted by molar-refractivity contribution is 0.555. The SMILES string of the molecule is Cc1cccc(C(Cc2ccc(Br)s2)NN)c1Cl. The van der Waals surface area contributed by atoms with E-state index >= 15 is 0 Å². The van der Waals surface area contributed by atoms with Crippen molar-refractivity contribution in [2.45, 2.75) is 19.4 Å². The van der Waals surface area contributed by atoms with Crippen molar-refractivity contribution >= 4 is 38.9 Å². The number of nitrogens with two attached hydrogens (primary N) is 1. The topological polar surface area (TPSA) is 38.0 Å². The Bertz CT molecular complexity index is 542. The smallest absolute Gasteiger partial charge is 0.0701 e. The van der Waals surface area contributed by atoms with Crippen LogP contribution in [0.2, 0.25) is 5.02 Å². The van der Waals surface area contributed by atoms with Gasteiger partial charge in [-0.15, -0.1) is 11.3 Å². The minimum absolute atomic E-state index is 0.0305. The largest absolute Gasteiger partial charge is 0.271 e. The zero-order chi connectivity index (χ0) is 13.1. The van der Waals surface area contributed by atoms with Gasteiger partial charge in [0.1, 0.15) is 0 Å². The second-order valence-corrected chi connectivity index (χ2v) is 7.03. The first-order valence-corrected chi connectivity index (χ1v) is 7.56. The molecule has 18 heavy (non-hydrogen) atoms. The van der Waals surface area contributed by atoms with Crippen LogP contribution in [0, 0.1) is 6.92 Å². The summed E-state index contributed by atoms with van der Waals surface area (Å²) in [6.07, 6.45) is 0.829. The van der Waals surface area contributed by atoms with Crippen LogP contribution in [0.25, 0.3) is 0 Å². The van der Waals surface area contributed by atoms with E-state index in [2.05, 4.69) is 27.4 Å². The van der Waals surface area contributed by atoms with Gasteiger partial charge < -0.3 is 0 Å². The summed E-state index contributed by atoms with van der Waals surface area (Å²) in [7, 11) is 0. The van der Waals surface area contributed by atoms with Crippen molar-refractivity contribution in [3.63, 3.8) is 0 Å². The molecule has 1 aromatic heterocycles. The molecule has 0 aliphatic heterocycles. The predicted octanol–water partition coefficient (Wildman–Crippen LogP) is 4.22. The Morgan fingerprint density at radius 3 is 2.78 bits per heavy atom. The lowest BCUT2D eigenvalue weighted by Crippen LogP contribution is -2.29. The van der Waals surface area contributed by atoms with Gasteiger partial charge >= 0.3 is 0 Å². The molecule has 1 atom stereocenters. The minimum Gasteiger partial charge on any atom is -0.271 e. The molecule has 0 fully saturated rings. The highest BCUT2D eigenvalue weighted by molar-refractivity contribution is 9.11. The maximum absolute atomic E-state index is 6.34. The summed E-state index contributed by atoms with van der Waals surface area (Å²) < 4.78 is 1.13. The average molecular weight is 346 g/mol. The van der Waals surface area contributed by atoms with Gasteiger partial charge in [-0.25, -0.2) is 0 Å². The maximum Gasteiger partial charge on any atom is 0.0701 e. The molecule has 2 nitrogen and oxygen atoms in total. The fraction of sp³-hybridized carbons (Fsp3) is 0.231. The molecule has 0 aliphatic carbocycles. The van der Waals surface area contributed by atoms with E-state index in [0.29, 0.717) is 0 Å². The Kier molecular flexibility index (Phi) is 4.81. The first kappa shape index (κ1) is 14.0. The molecule has 0 spiro atoms. The maximum atomic E-state index is 6.34. The normalized spacial score (nSPS) is 12.7. The lowest BCUT2D eigenvalue weighted by Gasteiger charge is -2.18. The van der Waals surface area contributed by atoms with E-state index in [1.54, 1.807) is 11.3 Å². The second-order valence-electron chi connectivity index (χ2n) is 4.11. The Balaban J connectivity index is 2.25. The second kappa shape index (κ2) is 6.17. The summed E-state index contributed by atoms with van der Waals surface area (Å²) in [5.41, 5.74) is 4.97. The van der Waals surface area contributed by atoms with Gasteiger partial charge in [-0.05, 0) is 46.1 Å². The quantitative estimate of drug-likeness (QED) is 0.643. The number of hydrazine groups is 1. The van der Waals surface area contributed by atoms with Crippen molar-refractivity contribution in [2.75, 3.05) is 0 Å². The van der Waals surface area contributed by atoms with Crippen LogP contribution >= 0.6 is 38.9 Å². The predicted molar refractivity (Wildman–Crippen MR) is 82.0 cm³/mol. The third-order valence-corrected chi connectivity index (χ3v) is 4.99. The highest BCUT2D eigenvalue weighted by Gasteiger charge is 2.15. The van der Waals surface area contributed by atoms with Crippen LogP contribution in [-0.2, 0) is 6.42 Å². The van der Waals surface area contributed by atoms with Crippen molar-refractivity contribution in [1.29, 1.82) is 0 Å². The summed E-state index contributed by atoms with van der Waals surface area (Å²) >= 11 is 11.5. The Morgan fingerprint density at radius 2 is 2.17 bits per heavy atom. The number of nitrogens with one attached hydrogen (secondary N) is 1. The average Bonchev–Trinajstić information content (AvgIpc) is 2.76. The number of halogens is 2. The van der Waals surface area contributed by atoms with Crippen LogP contribution in [0.4, 0.5) is 0 Å². The van der Waals surface area contributed by atoms with Gasteiger partial charge in [0, 0.05) is 16.3 Å². The highest BCUT2D eigenvalue weighted by atomic mass is 79.9. The van der Waals surface area contributed by atoms with Crippen LogP contribution in [-0.4, -0.2) is 0 Å². The minimum atomic E-state index is 0.0305. The number of thiophene rings is 1. The fourth-order valence-electron chi connectivity index (χ4n) is 1.86. The van der Waals surface area contributed by atoms with Crippen molar-refractivity contribution in [3.8, 4) is 0 Å². The van der Waals surface area contributed by atoms with Gasteiger partial charge in [-0.3, -0.25) is 11.3 Å². The molecular formula is C13H14BrClN2S. The zero-order valence-corrected chi connectivity index (χ0v) is 13.1. The van der Waals surface area contributed by atoms with Crippen molar-refractivity contribution < 1.29 is 0 Å². The van der Waals surface area contributed by atoms with E-state index < -0.39 is 0 Å². The van der Waals surface area contributed by atoms with Crippen LogP contribution in [0.15, 0.2) is 34.1 Å². The number of benzene rings is 1. The summed E-state index contributed by atoms with van der Waals surface area (Å²) in [5.74, 6) is 5.66. The van der Waals surface area contributed by atoms with Crippen LogP contribution in [0.5, 0.6) is 0 Å². The van der Waals surface area contributed by atoms with Gasteiger partial charge in [0.05, 0.1) is 9.83 Å². The van der Waals surface area contributed by atoms with Gasteiger partial charge in [0.25, 0.3) is 0 Å². The third kappa shape index (κ3) is 3.13. The molecule has 2 rings (SSSR count). The molecule has 0 radical (unpaired) electrons. The molecule has 1 unspecified atom stereocenters. The van der Waals surface area contributed by atoms with E-state index in [1.807, 2.05) is 31.2 Å². The zero-order valence-electron chi connectivity index (χ0n) is 9.91. The van der Waals surface area contributed by atoms with Gasteiger partial charge in [0.15, 0.2) is 0 Å². The van der Waals surface area contributed by atoms with Gasteiger partial charge in [-0.2, -0.15) is 0 Å². The highest BCUT2D eigenvalue weighted by Crippen LogP contribution is 2.30. The molecular weight excluding hydrogens is 332 g/mol. The summed E-state index contributed by atoms with van der Waals surface area (Å²) in [6.45, 7) is 2.00. The first-order valence-electron chi connectivity index (χ1n) is 5.57. The van der Waals surface area contributed by atoms with Crippen LogP contribution in [0.1, 0.15) is 22.0 Å². The van der Waals surface area contributed by atoms with Crippen molar-refractivity contribution in [3.05, 3.63) is 55.1 Å². The molecule has 2 aromatic rings. The van der Waals surface area contributed by atoms with E-state index in [0.717, 1.165) is 26.4 Å². The molecule has 1 heterocycles. The monoisotopic (exact) mass is 344 g/mol. The summed E-state index contributed by atoms with van der Waals surface area (Å²) in [4.78, 5) is 1.27. The van der Waals surface area contributed by atoms with E-state index in [9.17, 15) is 0 Å². The standard InChI is InChI=1S/C13H14BrClN2S/c1-8-3-2-4-10(13(8)15)11(17-16)7-9-5-6-12(14)18-9/h2-6,11,17H,7,16H2,1H3. The third-order valence-electron chi connectivity index (χ3n) is 2.83. The van der Waals surface area contributed by atoms with Gasteiger partial charge in [0.2, 0.25) is 0 Å². The Morgan fingerprint density at radius 1 is 1.39 bits per heavy atom. The Labute approximate surface area is 124 Å². The molecule has 3 N–H and O–H groups in total. The fourth-order valence-corrected chi connectivity index (χ4v) is 3.65. The van der Waals surface area contributed by atoms with E-state index in [4.69, 9.17) is 17.4 Å². The first-order chi connectivity index (χ1) is 8.61. The van der Waals surface area contributed by atoms with Gasteiger partial charge in [-0.1, -0.05) is 29.8 Å². The van der Waals surface area contributed by atoms with Crippen molar-refractivity contribution in [1.82, 2.24) is 5.43 Å². The number of aryl methyl sites for hydroxylation is 1. The number of rotatable bonds is 4. The van der Waals surface area contributed by atoms with E-state index in [1.165, 1.54) is 4.88 Å². The molecule has 5 heteroatoms. The molecule has 0 saturated heterocycles. The van der Waals surface area contributed by atoms with Crippen LogP contribution < -0.4 is 11.3 Å². The molecule has 0 bridgehead atoms. The lowest BCUT2D eigenvalue weighted by atomic mass is 10.0. The van der Waals surface area contributed by atoms with Crippen molar-refractivity contribution in [2.24, 2.45) is 5.84 Å². The molecule has 1 aromatic carbocycles. The van der Waals surface area contributed by atoms with Crippen LogP contribution in [0.3, 0.4) is 0 Å². The number of hydrogen-bond acceptors (Lipinski definition) is 3. The molecule has 0 amide bonds. The summed E-state index contributed by atoms with van der Waals surface area (Å²) in [5, 5.41) is 0.788. The Hall–Kier alpha value is -0.390. The molecule has 96 valence electrons.